The number of hydrogen-bond donors (Lipinski definition) is 0. The summed E-state index contributed by atoms with van der Waals surface area (Å²) in [6.45, 7) is 6.51. The van der Waals surface area contributed by atoms with Crippen molar-refractivity contribution in [3.63, 3.8) is 0 Å². The number of carbonyl (C=O) groups excluding carboxylic acids is 3. The molecular formula is C77H140O6. The van der Waals surface area contributed by atoms with Crippen molar-refractivity contribution >= 4 is 17.9 Å². The second kappa shape index (κ2) is 71.6. The summed E-state index contributed by atoms with van der Waals surface area (Å²) in [5.74, 6) is -0.855. The summed E-state index contributed by atoms with van der Waals surface area (Å²) in [6, 6.07) is 0. The van der Waals surface area contributed by atoms with Crippen molar-refractivity contribution in [3.05, 3.63) is 60.8 Å². The molecule has 0 aliphatic rings. The van der Waals surface area contributed by atoms with Gasteiger partial charge in [0.05, 0.1) is 0 Å². The minimum Gasteiger partial charge on any atom is -0.462 e. The Kier molecular flexibility index (Phi) is 69.1. The molecule has 0 N–H and O–H groups in total. The van der Waals surface area contributed by atoms with E-state index in [2.05, 4.69) is 81.5 Å². The van der Waals surface area contributed by atoms with Crippen LogP contribution in [0.1, 0.15) is 393 Å². The van der Waals surface area contributed by atoms with Gasteiger partial charge in [0.25, 0.3) is 0 Å². The van der Waals surface area contributed by atoms with Crippen LogP contribution in [-0.2, 0) is 28.6 Å². The minimum atomic E-state index is -0.766. The smallest absolute Gasteiger partial charge is 0.306 e. The Hall–Kier alpha value is -2.89. The number of hydrogen-bond acceptors (Lipinski definition) is 6. The Labute approximate surface area is 517 Å². The lowest BCUT2D eigenvalue weighted by Crippen LogP contribution is -2.30. The van der Waals surface area contributed by atoms with E-state index in [9.17, 15) is 14.4 Å². The van der Waals surface area contributed by atoms with Gasteiger partial charge in [-0.15, -0.1) is 0 Å². The molecule has 1 atom stereocenters. The SMILES string of the molecule is CC/C=C\C/C=C\C/C=C\C/C=C\C/C=C\CCCCCCCCCCCCCCCCCCCCCC(=O)OCC(COC(=O)CCCCCCC)OC(=O)CCCCCCCCCCCCCCCCCCCCCCCCCCC. The average Bonchev–Trinajstić information content (AvgIpc) is 3.49. The highest BCUT2D eigenvalue weighted by Crippen LogP contribution is 2.19. The maximum Gasteiger partial charge on any atom is 0.306 e. The van der Waals surface area contributed by atoms with Crippen molar-refractivity contribution in [2.45, 2.75) is 399 Å². The van der Waals surface area contributed by atoms with Crippen LogP contribution < -0.4 is 0 Å². The number of carbonyl (C=O) groups is 3. The molecule has 0 saturated heterocycles. The molecule has 0 spiro atoms. The molecule has 6 nitrogen and oxygen atoms in total. The van der Waals surface area contributed by atoms with Crippen LogP contribution in [0.4, 0.5) is 0 Å². The quantitative estimate of drug-likeness (QED) is 0.0261. The minimum absolute atomic E-state index is 0.0673. The first-order valence-corrected chi connectivity index (χ1v) is 36.8. The van der Waals surface area contributed by atoms with Crippen LogP contribution >= 0.6 is 0 Å². The number of allylic oxidation sites excluding steroid dienone is 10. The molecule has 0 aliphatic heterocycles. The van der Waals surface area contributed by atoms with Crippen LogP contribution in [0.5, 0.6) is 0 Å². The first-order valence-electron chi connectivity index (χ1n) is 36.8. The number of esters is 3. The normalized spacial score (nSPS) is 12.4. The molecule has 0 aliphatic carbocycles. The van der Waals surface area contributed by atoms with E-state index in [0.29, 0.717) is 19.3 Å². The van der Waals surface area contributed by atoms with Gasteiger partial charge < -0.3 is 14.2 Å². The monoisotopic (exact) mass is 1160 g/mol. The molecule has 0 amide bonds. The van der Waals surface area contributed by atoms with Gasteiger partial charge in [-0.05, 0) is 64.2 Å². The summed E-state index contributed by atoms with van der Waals surface area (Å²) in [7, 11) is 0. The van der Waals surface area contributed by atoms with Crippen LogP contribution in [0, 0.1) is 0 Å². The highest BCUT2D eigenvalue weighted by Gasteiger charge is 2.19. The van der Waals surface area contributed by atoms with Crippen LogP contribution in [0.2, 0.25) is 0 Å². The van der Waals surface area contributed by atoms with Crippen molar-refractivity contribution in [3.8, 4) is 0 Å². The lowest BCUT2D eigenvalue weighted by atomic mass is 10.0. The zero-order chi connectivity index (χ0) is 59.9. The Balaban J connectivity index is 3.89. The maximum absolute atomic E-state index is 12.9. The van der Waals surface area contributed by atoms with E-state index >= 15 is 0 Å². The van der Waals surface area contributed by atoms with Gasteiger partial charge in [-0.25, -0.2) is 0 Å². The second-order valence-corrected chi connectivity index (χ2v) is 24.8. The predicted molar refractivity (Wildman–Crippen MR) is 362 cm³/mol. The van der Waals surface area contributed by atoms with Gasteiger partial charge in [0.15, 0.2) is 6.10 Å². The van der Waals surface area contributed by atoms with E-state index in [1.54, 1.807) is 0 Å². The van der Waals surface area contributed by atoms with Crippen LogP contribution in [-0.4, -0.2) is 37.2 Å². The van der Waals surface area contributed by atoms with Crippen LogP contribution in [0.15, 0.2) is 60.8 Å². The van der Waals surface area contributed by atoms with Gasteiger partial charge in [-0.2, -0.15) is 0 Å². The summed E-state index contributed by atoms with van der Waals surface area (Å²) in [5, 5.41) is 0. The number of unbranched alkanes of at least 4 members (excludes halogenated alkanes) is 47. The molecule has 0 aromatic heterocycles. The van der Waals surface area contributed by atoms with E-state index < -0.39 is 6.10 Å². The molecular weight excluding hydrogens is 1020 g/mol. The van der Waals surface area contributed by atoms with E-state index in [4.69, 9.17) is 14.2 Å². The van der Waals surface area contributed by atoms with Crippen molar-refractivity contribution < 1.29 is 28.6 Å². The zero-order valence-electron chi connectivity index (χ0n) is 55.7. The Morgan fingerprint density at radius 1 is 0.253 bits per heavy atom. The molecule has 83 heavy (non-hydrogen) atoms. The van der Waals surface area contributed by atoms with Gasteiger partial charge in [0.2, 0.25) is 0 Å². The fraction of sp³-hybridized carbons (Fsp3) is 0.831. The molecule has 0 aromatic rings. The fourth-order valence-corrected chi connectivity index (χ4v) is 11.1. The molecule has 0 bridgehead atoms. The molecule has 0 radical (unpaired) electrons. The van der Waals surface area contributed by atoms with E-state index in [1.807, 2.05) is 0 Å². The van der Waals surface area contributed by atoms with E-state index in [1.165, 1.54) is 257 Å². The molecule has 484 valence electrons. The van der Waals surface area contributed by atoms with E-state index in [0.717, 1.165) is 96.3 Å². The zero-order valence-corrected chi connectivity index (χ0v) is 55.7. The first kappa shape index (κ1) is 80.1. The summed E-state index contributed by atoms with van der Waals surface area (Å²) < 4.78 is 16.8. The first-order chi connectivity index (χ1) is 41.0. The second-order valence-electron chi connectivity index (χ2n) is 24.8. The van der Waals surface area contributed by atoms with Gasteiger partial charge in [0.1, 0.15) is 13.2 Å². The molecule has 1 unspecified atom stereocenters. The molecule has 0 rings (SSSR count). The van der Waals surface area contributed by atoms with E-state index in [-0.39, 0.29) is 31.1 Å². The Morgan fingerprint density at radius 3 is 0.735 bits per heavy atom. The standard InChI is InChI=1S/C77H140O6/c1-4-7-10-13-15-17-19-21-23-25-27-29-31-33-34-35-36-37-38-39-40-41-42-44-45-47-49-51-53-55-57-59-61-64-67-70-76(79)82-73-74(72-81-75(78)69-66-63-12-9-6-3)83-77(80)71-68-65-62-60-58-56-54-52-50-48-46-43-32-30-28-26-24-22-20-18-16-14-11-8-5-2/h7,10,15,17,21,23,27,29,33-34,74H,4-6,8-9,11-14,16,18-20,22,24-26,28,30-32,35-73H2,1-3H3/b10-7-,17-15-,23-21-,29-27-,34-33-. The summed E-state index contributed by atoms with van der Waals surface area (Å²) in [4.78, 5) is 38.1. The third-order valence-electron chi connectivity index (χ3n) is 16.5. The van der Waals surface area contributed by atoms with Gasteiger partial charge in [-0.3, -0.25) is 14.4 Å². The number of ether oxygens (including phenoxy) is 3. The lowest BCUT2D eigenvalue weighted by Gasteiger charge is -2.18. The summed E-state index contributed by atoms with van der Waals surface area (Å²) >= 11 is 0. The summed E-state index contributed by atoms with van der Waals surface area (Å²) in [6.07, 6.45) is 93.3. The van der Waals surface area contributed by atoms with Gasteiger partial charge >= 0.3 is 17.9 Å². The third kappa shape index (κ3) is 69.8. The maximum atomic E-state index is 12.9. The highest BCUT2D eigenvalue weighted by atomic mass is 16.6. The molecule has 0 heterocycles. The van der Waals surface area contributed by atoms with Crippen molar-refractivity contribution in [1.82, 2.24) is 0 Å². The van der Waals surface area contributed by atoms with Crippen LogP contribution in [0.3, 0.4) is 0 Å². The molecule has 0 fully saturated rings. The highest BCUT2D eigenvalue weighted by molar-refractivity contribution is 5.71. The lowest BCUT2D eigenvalue weighted by molar-refractivity contribution is -0.167. The van der Waals surface area contributed by atoms with Crippen molar-refractivity contribution in [1.29, 1.82) is 0 Å². The Bertz CT molecular complexity index is 1470. The largest absolute Gasteiger partial charge is 0.462 e. The van der Waals surface area contributed by atoms with Crippen molar-refractivity contribution in [2.24, 2.45) is 0 Å². The fourth-order valence-electron chi connectivity index (χ4n) is 11.1. The van der Waals surface area contributed by atoms with Crippen molar-refractivity contribution in [2.75, 3.05) is 13.2 Å². The predicted octanol–water partition coefficient (Wildman–Crippen LogP) is 25.5. The summed E-state index contributed by atoms with van der Waals surface area (Å²) in [5.41, 5.74) is 0. The third-order valence-corrected chi connectivity index (χ3v) is 16.5. The van der Waals surface area contributed by atoms with Crippen LogP contribution in [0.25, 0.3) is 0 Å². The average molecular weight is 1160 g/mol. The number of rotatable bonds is 68. The molecule has 0 saturated carbocycles. The topological polar surface area (TPSA) is 78.9 Å². The molecule has 0 aromatic carbocycles. The van der Waals surface area contributed by atoms with Gasteiger partial charge in [-0.1, -0.05) is 370 Å². The molecule has 6 heteroatoms. The Morgan fingerprint density at radius 2 is 0.470 bits per heavy atom. The van der Waals surface area contributed by atoms with Gasteiger partial charge in [0, 0.05) is 19.3 Å².